The summed E-state index contributed by atoms with van der Waals surface area (Å²) in [6.45, 7) is 5.49. The average molecular weight is 250 g/mol. The molecule has 100 valence electrons. The highest BCUT2D eigenvalue weighted by Crippen LogP contribution is 2.52. The third-order valence-corrected chi connectivity index (χ3v) is 5.03. The van der Waals surface area contributed by atoms with Crippen LogP contribution < -0.4 is 5.32 Å². The summed E-state index contributed by atoms with van der Waals surface area (Å²) in [4.78, 5) is 26.2. The highest BCUT2D eigenvalue weighted by Gasteiger charge is 2.52. The van der Waals surface area contributed by atoms with Crippen LogP contribution in [-0.4, -0.2) is 35.3 Å². The van der Waals surface area contributed by atoms with Crippen LogP contribution >= 0.6 is 0 Å². The normalized spacial score (nSPS) is 32.8. The van der Waals surface area contributed by atoms with Gasteiger partial charge in [0.05, 0.1) is 6.54 Å². The molecule has 1 atom stereocenters. The summed E-state index contributed by atoms with van der Waals surface area (Å²) in [6, 6.07) is 0. The maximum absolute atomic E-state index is 12.6. The molecular formula is C14H22N2O2. The molecule has 3 aliphatic rings. The second kappa shape index (κ2) is 3.72. The first-order valence-corrected chi connectivity index (χ1v) is 7.03. The lowest BCUT2D eigenvalue weighted by Crippen LogP contribution is -2.65. The Morgan fingerprint density at radius 2 is 1.89 bits per heavy atom. The van der Waals surface area contributed by atoms with Gasteiger partial charge < -0.3 is 10.2 Å². The van der Waals surface area contributed by atoms with E-state index < -0.39 is 5.54 Å². The molecule has 0 aromatic heterocycles. The lowest BCUT2D eigenvalue weighted by atomic mass is 9.92. The maximum atomic E-state index is 12.6. The molecule has 4 heteroatoms. The summed E-state index contributed by atoms with van der Waals surface area (Å²) in [5, 5.41) is 2.96. The molecule has 0 bridgehead atoms. The van der Waals surface area contributed by atoms with Gasteiger partial charge in [-0.05, 0) is 30.6 Å². The second-order valence-electron chi connectivity index (χ2n) is 6.91. The van der Waals surface area contributed by atoms with Crippen molar-refractivity contribution in [2.45, 2.75) is 51.5 Å². The van der Waals surface area contributed by atoms with Crippen molar-refractivity contribution in [3.8, 4) is 0 Å². The van der Waals surface area contributed by atoms with Crippen molar-refractivity contribution in [1.29, 1.82) is 0 Å². The lowest BCUT2D eigenvalue weighted by Gasteiger charge is -2.40. The quantitative estimate of drug-likeness (QED) is 0.803. The van der Waals surface area contributed by atoms with Crippen LogP contribution in [0.5, 0.6) is 0 Å². The van der Waals surface area contributed by atoms with Crippen LogP contribution in [0.4, 0.5) is 0 Å². The topological polar surface area (TPSA) is 49.4 Å². The smallest absolute Gasteiger partial charge is 0.248 e. The Hall–Kier alpha value is -1.06. The molecule has 0 aromatic rings. The SMILES string of the molecule is CC1(C)CC1CN1CC(=O)NC2(CCCC2)C1=O. The van der Waals surface area contributed by atoms with E-state index >= 15 is 0 Å². The zero-order valence-corrected chi connectivity index (χ0v) is 11.3. The number of carbonyl (C=O) groups excluding carboxylic acids is 2. The van der Waals surface area contributed by atoms with Crippen molar-refractivity contribution in [2.75, 3.05) is 13.1 Å². The number of carbonyl (C=O) groups is 2. The average Bonchev–Trinajstić information content (AvgIpc) is 2.72. The molecule has 1 N–H and O–H groups in total. The van der Waals surface area contributed by atoms with Crippen LogP contribution in [0.2, 0.25) is 0 Å². The monoisotopic (exact) mass is 250 g/mol. The molecule has 1 heterocycles. The van der Waals surface area contributed by atoms with E-state index in [1.165, 1.54) is 6.42 Å². The minimum atomic E-state index is -0.547. The standard InChI is InChI=1S/C14H22N2O2/c1-13(2)7-10(13)8-16-9-11(17)15-14(12(16)18)5-3-4-6-14/h10H,3-9H2,1-2H3,(H,15,17). The van der Waals surface area contributed by atoms with E-state index in [0.717, 1.165) is 32.2 Å². The third kappa shape index (κ3) is 1.82. The minimum Gasteiger partial charge on any atom is -0.340 e. The Bertz CT molecular complexity index is 397. The molecule has 18 heavy (non-hydrogen) atoms. The Balaban J connectivity index is 1.74. The van der Waals surface area contributed by atoms with Crippen molar-refractivity contribution in [3.05, 3.63) is 0 Å². The molecule has 0 aromatic carbocycles. The molecule has 1 aliphatic heterocycles. The largest absolute Gasteiger partial charge is 0.340 e. The summed E-state index contributed by atoms with van der Waals surface area (Å²) in [6.07, 6.45) is 4.92. The number of rotatable bonds is 2. The molecule has 3 rings (SSSR count). The molecule has 1 spiro atoms. The number of piperazine rings is 1. The molecule has 3 fully saturated rings. The minimum absolute atomic E-state index is 0.0231. The van der Waals surface area contributed by atoms with Crippen LogP contribution in [0.15, 0.2) is 0 Å². The highest BCUT2D eigenvalue weighted by atomic mass is 16.2. The highest BCUT2D eigenvalue weighted by molar-refractivity contribution is 5.98. The Kier molecular flexibility index (Phi) is 2.48. The van der Waals surface area contributed by atoms with E-state index in [1.807, 2.05) is 4.90 Å². The van der Waals surface area contributed by atoms with Crippen molar-refractivity contribution < 1.29 is 9.59 Å². The fourth-order valence-corrected chi connectivity index (χ4v) is 3.53. The van der Waals surface area contributed by atoms with Gasteiger partial charge >= 0.3 is 0 Å². The van der Waals surface area contributed by atoms with Gasteiger partial charge in [-0.1, -0.05) is 26.7 Å². The summed E-state index contributed by atoms with van der Waals surface area (Å²) >= 11 is 0. The van der Waals surface area contributed by atoms with Gasteiger partial charge in [0.1, 0.15) is 5.54 Å². The van der Waals surface area contributed by atoms with Crippen LogP contribution in [0, 0.1) is 11.3 Å². The van der Waals surface area contributed by atoms with Gasteiger partial charge in [0, 0.05) is 6.54 Å². The molecule has 0 radical (unpaired) electrons. The van der Waals surface area contributed by atoms with Gasteiger partial charge in [0.25, 0.3) is 0 Å². The number of nitrogens with zero attached hydrogens (tertiary/aromatic N) is 1. The van der Waals surface area contributed by atoms with Crippen LogP contribution in [0.1, 0.15) is 46.0 Å². The first-order valence-electron chi connectivity index (χ1n) is 7.03. The zero-order chi connectivity index (χ0) is 13.0. The molecular weight excluding hydrogens is 228 g/mol. The molecule has 1 saturated heterocycles. The zero-order valence-electron chi connectivity index (χ0n) is 11.3. The van der Waals surface area contributed by atoms with Crippen molar-refractivity contribution in [3.63, 3.8) is 0 Å². The number of hydrogen-bond acceptors (Lipinski definition) is 2. The van der Waals surface area contributed by atoms with Crippen LogP contribution in [-0.2, 0) is 9.59 Å². The van der Waals surface area contributed by atoms with Crippen molar-refractivity contribution in [1.82, 2.24) is 10.2 Å². The fourth-order valence-electron chi connectivity index (χ4n) is 3.53. The van der Waals surface area contributed by atoms with Gasteiger partial charge in [-0.3, -0.25) is 9.59 Å². The van der Waals surface area contributed by atoms with Crippen LogP contribution in [0.3, 0.4) is 0 Å². The van der Waals surface area contributed by atoms with Gasteiger partial charge in [-0.25, -0.2) is 0 Å². The lowest BCUT2D eigenvalue weighted by molar-refractivity contribution is -0.150. The number of nitrogens with one attached hydrogen (secondary N) is 1. The van der Waals surface area contributed by atoms with Crippen molar-refractivity contribution in [2.24, 2.45) is 11.3 Å². The first-order chi connectivity index (χ1) is 8.43. The fraction of sp³-hybridized carbons (Fsp3) is 0.857. The van der Waals surface area contributed by atoms with Gasteiger partial charge in [0.2, 0.25) is 11.8 Å². The second-order valence-corrected chi connectivity index (χ2v) is 6.91. The maximum Gasteiger partial charge on any atom is 0.248 e. The van der Waals surface area contributed by atoms with E-state index in [2.05, 4.69) is 19.2 Å². The molecule has 1 unspecified atom stereocenters. The van der Waals surface area contributed by atoms with Crippen LogP contribution in [0.25, 0.3) is 0 Å². The molecule has 2 amide bonds. The number of hydrogen-bond donors (Lipinski definition) is 1. The third-order valence-electron chi connectivity index (χ3n) is 5.03. The molecule has 2 saturated carbocycles. The van der Waals surface area contributed by atoms with Crippen molar-refractivity contribution >= 4 is 11.8 Å². The Morgan fingerprint density at radius 1 is 1.28 bits per heavy atom. The van der Waals surface area contributed by atoms with Gasteiger partial charge in [0.15, 0.2) is 0 Å². The Morgan fingerprint density at radius 3 is 2.44 bits per heavy atom. The summed E-state index contributed by atoms with van der Waals surface area (Å²) in [5.41, 5.74) is -0.189. The summed E-state index contributed by atoms with van der Waals surface area (Å²) in [7, 11) is 0. The van der Waals surface area contributed by atoms with E-state index in [9.17, 15) is 9.59 Å². The van der Waals surface area contributed by atoms with Gasteiger partial charge in [-0.15, -0.1) is 0 Å². The van der Waals surface area contributed by atoms with E-state index in [0.29, 0.717) is 11.3 Å². The predicted molar refractivity (Wildman–Crippen MR) is 67.8 cm³/mol. The van der Waals surface area contributed by atoms with E-state index in [4.69, 9.17) is 0 Å². The molecule has 4 nitrogen and oxygen atoms in total. The van der Waals surface area contributed by atoms with E-state index in [-0.39, 0.29) is 18.4 Å². The van der Waals surface area contributed by atoms with Gasteiger partial charge in [-0.2, -0.15) is 0 Å². The first kappa shape index (κ1) is 12.0. The summed E-state index contributed by atoms with van der Waals surface area (Å²) in [5.74, 6) is 0.767. The summed E-state index contributed by atoms with van der Waals surface area (Å²) < 4.78 is 0. The Labute approximate surface area is 108 Å². The molecule has 2 aliphatic carbocycles. The van der Waals surface area contributed by atoms with E-state index in [1.54, 1.807) is 0 Å². The number of amides is 2. The predicted octanol–water partition coefficient (Wildman–Crippen LogP) is 1.30.